The van der Waals surface area contributed by atoms with Gasteiger partial charge >= 0.3 is 0 Å². The van der Waals surface area contributed by atoms with Crippen molar-refractivity contribution in [1.82, 2.24) is 10.2 Å². The molecule has 1 aromatic carbocycles. The lowest BCUT2D eigenvalue weighted by molar-refractivity contribution is 0.0271. The minimum Gasteiger partial charge on any atom is -0.492 e. The summed E-state index contributed by atoms with van der Waals surface area (Å²) < 4.78 is 11.4. The van der Waals surface area contributed by atoms with Crippen molar-refractivity contribution < 1.29 is 9.47 Å². The summed E-state index contributed by atoms with van der Waals surface area (Å²) in [7, 11) is 3.76. The van der Waals surface area contributed by atoms with Crippen LogP contribution in [0.2, 0.25) is 0 Å². The summed E-state index contributed by atoms with van der Waals surface area (Å²) in [5, 5.41) is 3.17. The molecule has 1 saturated heterocycles. The van der Waals surface area contributed by atoms with E-state index < -0.39 is 0 Å². The average molecular weight is 278 g/mol. The van der Waals surface area contributed by atoms with Crippen LogP contribution in [0.1, 0.15) is 18.4 Å². The van der Waals surface area contributed by atoms with Gasteiger partial charge in [-0.25, -0.2) is 0 Å². The number of nitrogens with one attached hydrogen (secondary N) is 1. The topological polar surface area (TPSA) is 33.7 Å². The van der Waals surface area contributed by atoms with Crippen molar-refractivity contribution in [1.29, 1.82) is 0 Å². The van der Waals surface area contributed by atoms with Gasteiger partial charge in [0.2, 0.25) is 0 Å². The van der Waals surface area contributed by atoms with Crippen LogP contribution in [-0.4, -0.2) is 51.4 Å². The van der Waals surface area contributed by atoms with Gasteiger partial charge in [0.05, 0.1) is 6.10 Å². The first-order chi connectivity index (χ1) is 9.83. The van der Waals surface area contributed by atoms with Gasteiger partial charge in [-0.15, -0.1) is 0 Å². The van der Waals surface area contributed by atoms with Gasteiger partial charge in [-0.05, 0) is 32.5 Å². The Morgan fingerprint density at radius 1 is 1.35 bits per heavy atom. The second-order valence-corrected chi connectivity index (χ2v) is 5.29. The first-order valence-electron chi connectivity index (χ1n) is 7.44. The first-order valence-corrected chi connectivity index (χ1v) is 7.44. The summed E-state index contributed by atoms with van der Waals surface area (Å²) in [6, 6.07) is 8.22. The Bertz CT molecular complexity index is 398. The Hall–Kier alpha value is -1.10. The van der Waals surface area contributed by atoms with Crippen LogP contribution >= 0.6 is 0 Å². The summed E-state index contributed by atoms with van der Waals surface area (Å²) in [5.41, 5.74) is 1.21. The number of hydrogen-bond donors (Lipinski definition) is 1. The lowest BCUT2D eigenvalue weighted by Gasteiger charge is -2.31. The fourth-order valence-electron chi connectivity index (χ4n) is 2.67. The first kappa shape index (κ1) is 15.3. The van der Waals surface area contributed by atoms with Crippen molar-refractivity contribution in [2.45, 2.75) is 25.5 Å². The maximum Gasteiger partial charge on any atom is 0.123 e. The molecule has 0 radical (unpaired) electrons. The van der Waals surface area contributed by atoms with Gasteiger partial charge in [-0.1, -0.05) is 18.2 Å². The second kappa shape index (κ2) is 8.25. The highest BCUT2D eigenvalue weighted by Crippen LogP contribution is 2.18. The highest BCUT2D eigenvalue weighted by molar-refractivity contribution is 5.33. The van der Waals surface area contributed by atoms with E-state index in [1.54, 1.807) is 7.11 Å². The molecule has 0 aromatic heterocycles. The molecular formula is C16H26N2O2. The molecule has 20 heavy (non-hydrogen) atoms. The Morgan fingerprint density at radius 3 is 3.00 bits per heavy atom. The van der Waals surface area contributed by atoms with Gasteiger partial charge in [0.15, 0.2) is 0 Å². The molecule has 1 fully saturated rings. The molecule has 1 unspecified atom stereocenters. The molecule has 2 rings (SSSR count). The third kappa shape index (κ3) is 4.47. The van der Waals surface area contributed by atoms with Crippen molar-refractivity contribution in [2.75, 3.05) is 40.4 Å². The van der Waals surface area contributed by atoms with Crippen LogP contribution in [-0.2, 0) is 11.3 Å². The molecule has 112 valence electrons. The lowest BCUT2D eigenvalue weighted by atomic mass is 10.1. The van der Waals surface area contributed by atoms with Crippen LogP contribution in [0.4, 0.5) is 0 Å². The van der Waals surface area contributed by atoms with E-state index in [9.17, 15) is 0 Å². The van der Waals surface area contributed by atoms with Crippen molar-refractivity contribution >= 4 is 0 Å². The molecule has 1 aromatic rings. The molecule has 0 bridgehead atoms. The molecule has 0 spiro atoms. The average Bonchev–Trinajstić information content (AvgIpc) is 2.49. The van der Waals surface area contributed by atoms with Crippen molar-refractivity contribution in [3.05, 3.63) is 29.8 Å². The maximum absolute atomic E-state index is 5.94. The zero-order valence-electron chi connectivity index (χ0n) is 12.6. The van der Waals surface area contributed by atoms with E-state index in [1.165, 1.54) is 18.4 Å². The largest absolute Gasteiger partial charge is 0.492 e. The molecule has 4 heteroatoms. The minimum absolute atomic E-state index is 0.389. The van der Waals surface area contributed by atoms with Crippen molar-refractivity contribution in [3.8, 4) is 5.75 Å². The summed E-state index contributed by atoms with van der Waals surface area (Å²) in [4.78, 5) is 2.43. The van der Waals surface area contributed by atoms with Gasteiger partial charge in [-0.3, -0.25) is 4.90 Å². The van der Waals surface area contributed by atoms with Gasteiger partial charge in [0.25, 0.3) is 0 Å². The second-order valence-electron chi connectivity index (χ2n) is 5.29. The van der Waals surface area contributed by atoms with Crippen LogP contribution in [0.25, 0.3) is 0 Å². The van der Waals surface area contributed by atoms with Crippen molar-refractivity contribution in [3.63, 3.8) is 0 Å². The standard InChI is InChI=1S/C16H26N2O2/c1-17-12-14-6-3-4-8-16(14)20-11-10-18-9-5-7-15(13-18)19-2/h3-4,6,8,15,17H,5,7,9-13H2,1-2H3. The number of likely N-dealkylation sites (tertiary alicyclic amines) is 1. The number of ether oxygens (including phenoxy) is 2. The minimum atomic E-state index is 0.389. The highest BCUT2D eigenvalue weighted by atomic mass is 16.5. The zero-order valence-corrected chi connectivity index (χ0v) is 12.6. The van der Waals surface area contributed by atoms with Crippen LogP contribution in [0.15, 0.2) is 24.3 Å². The number of benzene rings is 1. The monoisotopic (exact) mass is 278 g/mol. The van der Waals surface area contributed by atoms with Gasteiger partial charge in [0.1, 0.15) is 12.4 Å². The number of rotatable bonds is 7. The summed E-state index contributed by atoms with van der Waals surface area (Å²) in [5.74, 6) is 0.988. The van der Waals surface area contributed by atoms with Crippen LogP contribution < -0.4 is 10.1 Å². The van der Waals surface area contributed by atoms with E-state index in [-0.39, 0.29) is 0 Å². The van der Waals surface area contributed by atoms with Crippen molar-refractivity contribution in [2.24, 2.45) is 0 Å². The Morgan fingerprint density at radius 2 is 2.20 bits per heavy atom. The predicted octanol–water partition coefficient (Wildman–Crippen LogP) is 1.90. The maximum atomic E-state index is 5.94. The van der Waals surface area contributed by atoms with Crippen LogP contribution in [0.5, 0.6) is 5.75 Å². The molecule has 1 aliphatic rings. The Kier molecular flexibility index (Phi) is 6.30. The molecule has 0 aliphatic carbocycles. The van der Waals surface area contributed by atoms with E-state index in [4.69, 9.17) is 9.47 Å². The number of piperidine rings is 1. The smallest absolute Gasteiger partial charge is 0.123 e. The predicted molar refractivity (Wildman–Crippen MR) is 81.2 cm³/mol. The SMILES string of the molecule is CNCc1ccccc1OCCN1CCCC(OC)C1. The fraction of sp³-hybridized carbons (Fsp3) is 0.625. The van der Waals surface area contributed by atoms with Gasteiger partial charge in [0, 0.05) is 32.3 Å². The number of methoxy groups -OCH3 is 1. The van der Waals surface area contributed by atoms with Gasteiger partial charge in [-0.2, -0.15) is 0 Å². The van der Waals surface area contributed by atoms with Gasteiger partial charge < -0.3 is 14.8 Å². The van der Waals surface area contributed by atoms with E-state index in [2.05, 4.69) is 16.3 Å². The number of hydrogen-bond acceptors (Lipinski definition) is 4. The molecule has 1 atom stereocenters. The molecule has 0 amide bonds. The zero-order chi connectivity index (χ0) is 14.2. The Labute approximate surface area is 122 Å². The van der Waals surface area contributed by atoms with Crippen LogP contribution in [0.3, 0.4) is 0 Å². The highest BCUT2D eigenvalue weighted by Gasteiger charge is 2.18. The molecule has 1 N–H and O–H groups in total. The van der Waals surface area contributed by atoms with E-state index in [1.807, 2.05) is 25.2 Å². The van der Waals surface area contributed by atoms with E-state index in [0.29, 0.717) is 6.10 Å². The fourth-order valence-corrected chi connectivity index (χ4v) is 2.67. The quantitative estimate of drug-likeness (QED) is 0.826. The number of para-hydroxylation sites is 1. The Balaban J connectivity index is 1.78. The molecule has 1 heterocycles. The lowest BCUT2D eigenvalue weighted by Crippen LogP contribution is -2.41. The van der Waals surface area contributed by atoms with E-state index in [0.717, 1.165) is 38.5 Å². The summed E-state index contributed by atoms with van der Waals surface area (Å²) in [6.07, 6.45) is 2.79. The summed E-state index contributed by atoms with van der Waals surface area (Å²) >= 11 is 0. The van der Waals surface area contributed by atoms with Crippen LogP contribution in [0, 0.1) is 0 Å². The normalized spacial score (nSPS) is 20.0. The summed E-state index contributed by atoms with van der Waals surface area (Å²) in [6.45, 7) is 4.72. The molecule has 4 nitrogen and oxygen atoms in total. The molecule has 1 aliphatic heterocycles. The van der Waals surface area contributed by atoms with E-state index >= 15 is 0 Å². The third-order valence-electron chi connectivity index (χ3n) is 3.80. The third-order valence-corrected chi connectivity index (χ3v) is 3.80. The number of nitrogens with zero attached hydrogens (tertiary/aromatic N) is 1. The molecular weight excluding hydrogens is 252 g/mol. The molecule has 0 saturated carbocycles.